The Morgan fingerprint density at radius 2 is 1.53 bits per heavy atom. The van der Waals surface area contributed by atoms with Gasteiger partial charge in [0.25, 0.3) is 0 Å². The highest BCUT2D eigenvalue weighted by molar-refractivity contribution is 6.31. The van der Waals surface area contributed by atoms with Crippen molar-refractivity contribution in [1.29, 1.82) is 0 Å². The molecular weight excluding hydrogens is 206 g/mol. The lowest BCUT2D eigenvalue weighted by Gasteiger charge is -2.23. The second-order valence-electron chi connectivity index (χ2n) is 4.69. The zero-order valence-electron chi connectivity index (χ0n) is 9.29. The van der Waals surface area contributed by atoms with Crippen molar-refractivity contribution in [1.82, 2.24) is 4.48 Å². The first kappa shape index (κ1) is 10.5. The minimum absolute atomic E-state index is 0.793. The molecule has 0 aliphatic carbocycles. The number of fused-ring (bicyclic) bond motifs is 1. The maximum Gasteiger partial charge on any atom is 0.132 e. The quantitative estimate of drug-likeness (QED) is 0.643. The van der Waals surface area contributed by atoms with Crippen LogP contribution in [0, 0.1) is 0 Å². The van der Waals surface area contributed by atoms with Crippen molar-refractivity contribution in [3.63, 3.8) is 0 Å². The van der Waals surface area contributed by atoms with Gasteiger partial charge < -0.3 is 0 Å². The lowest BCUT2D eigenvalue weighted by molar-refractivity contribution is 0.487. The summed E-state index contributed by atoms with van der Waals surface area (Å²) < 4.78 is 0.822. The van der Waals surface area contributed by atoms with Crippen LogP contribution in [0.15, 0.2) is 36.4 Å². The summed E-state index contributed by atoms with van der Waals surface area (Å²) in [6.45, 7) is 0. The highest BCUT2D eigenvalue weighted by Gasteiger charge is 2.11. The predicted octanol–water partition coefficient (Wildman–Crippen LogP) is 3.69. The molecule has 0 spiro atoms. The van der Waals surface area contributed by atoms with Crippen molar-refractivity contribution >= 4 is 28.1 Å². The van der Waals surface area contributed by atoms with Crippen molar-refractivity contribution in [2.24, 2.45) is 0 Å². The molecule has 0 amide bonds. The number of quaternary nitrogens is 1. The van der Waals surface area contributed by atoms with Crippen LogP contribution in [0.3, 0.4) is 0 Å². The van der Waals surface area contributed by atoms with Crippen LogP contribution in [-0.4, -0.2) is 21.1 Å². The lowest BCUT2D eigenvalue weighted by Crippen LogP contribution is -2.34. The molecule has 0 bridgehead atoms. The summed E-state index contributed by atoms with van der Waals surface area (Å²) in [5.74, 6) is 0. The van der Waals surface area contributed by atoms with E-state index < -0.39 is 0 Å². The van der Waals surface area contributed by atoms with E-state index in [0.717, 1.165) is 9.51 Å². The molecule has 0 unspecified atom stereocenters. The molecule has 0 fully saturated rings. The topological polar surface area (TPSA) is 0 Å². The Balaban J connectivity index is 2.64. The van der Waals surface area contributed by atoms with Crippen molar-refractivity contribution in [2.45, 2.75) is 0 Å². The minimum atomic E-state index is 0.793. The van der Waals surface area contributed by atoms with Gasteiger partial charge in [-0.1, -0.05) is 17.7 Å². The Morgan fingerprint density at radius 3 is 2.20 bits per heavy atom. The fourth-order valence-corrected chi connectivity index (χ4v) is 1.80. The summed E-state index contributed by atoms with van der Waals surface area (Å²) >= 11 is 5.98. The third-order valence-electron chi connectivity index (χ3n) is 2.56. The molecule has 0 aromatic heterocycles. The van der Waals surface area contributed by atoms with Gasteiger partial charge in [-0.25, -0.2) is 0 Å². The lowest BCUT2D eigenvalue weighted by atomic mass is 10.1. The molecule has 1 nitrogen and oxygen atoms in total. The smallest absolute Gasteiger partial charge is 0.132 e. The standard InChI is InChI=1S/C13H15ClN/c1-15(2,3)13-7-5-10-4-6-12(14)8-11(10)9-13/h4-9H,1-3H3/q+1. The van der Waals surface area contributed by atoms with E-state index in [9.17, 15) is 0 Å². The zero-order valence-corrected chi connectivity index (χ0v) is 10.0. The summed E-state index contributed by atoms with van der Waals surface area (Å²) in [6.07, 6.45) is 0. The number of rotatable bonds is 1. The molecule has 15 heavy (non-hydrogen) atoms. The first-order chi connectivity index (χ1) is 6.97. The Hall–Kier alpha value is -1.05. The van der Waals surface area contributed by atoms with Crippen LogP contribution in [0.4, 0.5) is 5.69 Å². The molecule has 2 heteroatoms. The number of nitrogens with zero attached hydrogens (tertiary/aromatic N) is 1. The molecule has 0 saturated carbocycles. The fraction of sp³-hybridized carbons (Fsp3) is 0.231. The van der Waals surface area contributed by atoms with Crippen molar-refractivity contribution in [3.05, 3.63) is 41.4 Å². The predicted molar refractivity (Wildman–Crippen MR) is 68.5 cm³/mol. The normalized spacial score (nSPS) is 12.0. The zero-order chi connectivity index (χ0) is 11.1. The third-order valence-corrected chi connectivity index (χ3v) is 2.80. The van der Waals surface area contributed by atoms with Crippen LogP contribution >= 0.6 is 11.6 Å². The van der Waals surface area contributed by atoms with Crippen molar-refractivity contribution in [2.75, 3.05) is 21.1 Å². The SMILES string of the molecule is C[N+](C)(C)c1ccc2ccc(Cl)cc2c1. The Morgan fingerprint density at radius 1 is 0.867 bits per heavy atom. The van der Waals surface area contributed by atoms with Crippen LogP contribution in [-0.2, 0) is 0 Å². The molecule has 0 heterocycles. The molecule has 0 aliphatic rings. The molecular formula is C13H15ClN+. The molecule has 0 saturated heterocycles. The summed E-state index contributed by atoms with van der Waals surface area (Å²) in [4.78, 5) is 0. The van der Waals surface area contributed by atoms with Crippen LogP contribution in [0.1, 0.15) is 0 Å². The summed E-state index contributed by atoms with van der Waals surface area (Å²) in [5.41, 5.74) is 1.28. The van der Waals surface area contributed by atoms with Gasteiger partial charge in [0.15, 0.2) is 0 Å². The van der Waals surface area contributed by atoms with E-state index in [1.807, 2.05) is 12.1 Å². The van der Waals surface area contributed by atoms with E-state index in [-0.39, 0.29) is 0 Å². The van der Waals surface area contributed by atoms with Gasteiger partial charge in [-0.05, 0) is 35.0 Å². The van der Waals surface area contributed by atoms with E-state index in [1.165, 1.54) is 16.5 Å². The molecule has 2 rings (SSSR count). The summed E-state index contributed by atoms with van der Waals surface area (Å²) in [6, 6.07) is 12.5. The average molecular weight is 221 g/mol. The van der Waals surface area contributed by atoms with E-state index >= 15 is 0 Å². The van der Waals surface area contributed by atoms with Gasteiger partial charge in [0.05, 0.1) is 21.1 Å². The summed E-state index contributed by atoms with van der Waals surface area (Å²) in [5, 5.41) is 3.23. The van der Waals surface area contributed by atoms with Gasteiger partial charge in [-0.15, -0.1) is 0 Å². The van der Waals surface area contributed by atoms with E-state index in [2.05, 4.69) is 45.4 Å². The Bertz CT molecular complexity index is 497. The molecule has 78 valence electrons. The highest BCUT2D eigenvalue weighted by Crippen LogP contribution is 2.25. The van der Waals surface area contributed by atoms with Crippen molar-refractivity contribution in [3.8, 4) is 0 Å². The Kier molecular flexibility index (Phi) is 2.45. The largest absolute Gasteiger partial charge is 0.298 e. The van der Waals surface area contributed by atoms with Crippen LogP contribution in [0.25, 0.3) is 10.8 Å². The monoisotopic (exact) mass is 220 g/mol. The maximum absolute atomic E-state index is 5.98. The molecule has 2 aromatic carbocycles. The maximum atomic E-state index is 5.98. The number of hydrogen-bond donors (Lipinski definition) is 0. The number of hydrogen-bond acceptors (Lipinski definition) is 0. The van der Waals surface area contributed by atoms with Gasteiger partial charge in [-0.3, -0.25) is 4.48 Å². The Labute approximate surface area is 95.5 Å². The van der Waals surface area contributed by atoms with Gasteiger partial charge >= 0.3 is 0 Å². The number of benzene rings is 2. The molecule has 2 aromatic rings. The molecule has 0 atom stereocenters. The van der Waals surface area contributed by atoms with Crippen molar-refractivity contribution < 1.29 is 0 Å². The number of halogens is 1. The van der Waals surface area contributed by atoms with Gasteiger partial charge in [0, 0.05) is 11.1 Å². The van der Waals surface area contributed by atoms with Gasteiger partial charge in [-0.2, -0.15) is 0 Å². The minimum Gasteiger partial charge on any atom is -0.298 e. The fourth-order valence-electron chi connectivity index (χ4n) is 1.62. The van der Waals surface area contributed by atoms with E-state index in [4.69, 9.17) is 11.6 Å². The molecule has 0 radical (unpaired) electrons. The van der Waals surface area contributed by atoms with E-state index in [0.29, 0.717) is 0 Å². The molecule has 0 N–H and O–H groups in total. The highest BCUT2D eigenvalue weighted by atomic mass is 35.5. The molecule has 0 aliphatic heterocycles. The second-order valence-corrected chi connectivity index (χ2v) is 5.12. The average Bonchev–Trinajstić information content (AvgIpc) is 2.15. The first-order valence-electron chi connectivity index (χ1n) is 4.98. The first-order valence-corrected chi connectivity index (χ1v) is 5.36. The third kappa shape index (κ3) is 2.14. The van der Waals surface area contributed by atoms with E-state index in [1.54, 1.807) is 0 Å². The van der Waals surface area contributed by atoms with Crippen LogP contribution in [0.5, 0.6) is 0 Å². The van der Waals surface area contributed by atoms with Gasteiger partial charge in [0.1, 0.15) is 5.69 Å². The van der Waals surface area contributed by atoms with Crippen LogP contribution < -0.4 is 4.48 Å². The van der Waals surface area contributed by atoms with Crippen LogP contribution in [0.2, 0.25) is 5.02 Å². The second kappa shape index (κ2) is 3.51. The summed E-state index contributed by atoms with van der Waals surface area (Å²) in [7, 11) is 6.48. The van der Waals surface area contributed by atoms with Gasteiger partial charge in [0.2, 0.25) is 0 Å².